The number of rotatable bonds is 22. The van der Waals surface area contributed by atoms with Gasteiger partial charge in [-0.3, -0.25) is 19.8 Å². The van der Waals surface area contributed by atoms with Crippen molar-refractivity contribution in [2.75, 3.05) is 18.9 Å². The Hall–Kier alpha value is -8.67. The van der Waals surface area contributed by atoms with Gasteiger partial charge in [-0.05, 0) is 99.2 Å². The maximum absolute atomic E-state index is 15.1. The minimum absolute atomic E-state index is 0.186. The molecule has 0 spiro atoms. The summed E-state index contributed by atoms with van der Waals surface area (Å²) in [6.07, 6.45) is 0.451. The molecule has 3 amide bonds. The smallest absolute Gasteiger partial charge is 0.411 e. The average molecular weight is 1120 g/mol. The van der Waals surface area contributed by atoms with Crippen LogP contribution in [0.1, 0.15) is 90.6 Å². The van der Waals surface area contributed by atoms with Crippen molar-refractivity contribution in [1.82, 2.24) is 15.5 Å². The molecule has 10 heteroatoms. The van der Waals surface area contributed by atoms with Crippen LogP contribution in [0.5, 0.6) is 0 Å². The number of benzene rings is 9. The number of aryl methyl sites for hydroxylation is 1. The van der Waals surface area contributed by atoms with Gasteiger partial charge in [0.25, 0.3) is 8.32 Å². The first-order chi connectivity index (χ1) is 40.4. The lowest BCUT2D eigenvalue weighted by atomic mass is 9.76. The number of likely N-dealkylation sites (N-methyl/N-ethyl adjacent to an activating group) is 1. The minimum atomic E-state index is -2.82. The summed E-state index contributed by atoms with van der Waals surface area (Å²) in [4.78, 5) is 45.9. The number of fused-ring (bicyclic) bond motifs is 3. The monoisotopic (exact) mass is 1110 g/mol. The molecule has 420 valence electrons. The highest BCUT2D eigenvalue weighted by Gasteiger charge is 2.50. The zero-order chi connectivity index (χ0) is 57.8. The van der Waals surface area contributed by atoms with E-state index in [1.807, 2.05) is 127 Å². The Morgan fingerprint density at radius 1 is 0.542 bits per heavy atom. The lowest BCUT2D eigenvalue weighted by Crippen LogP contribution is -2.66. The van der Waals surface area contributed by atoms with E-state index >= 15 is 4.79 Å². The average Bonchev–Trinajstić information content (AvgIpc) is 3.50. The molecule has 9 nitrogen and oxygen atoms in total. The number of ether oxygens (including phenoxy) is 1. The number of nitrogens with one attached hydrogen (secondary N) is 3. The van der Waals surface area contributed by atoms with E-state index < -0.39 is 44.0 Å². The number of carbonyl (C=O) groups excluding carboxylic acids is 3. The Morgan fingerprint density at radius 2 is 1.02 bits per heavy atom. The van der Waals surface area contributed by atoms with Crippen molar-refractivity contribution in [2.24, 2.45) is 0 Å². The lowest BCUT2D eigenvalue weighted by molar-refractivity contribution is -0.130. The maximum Gasteiger partial charge on any atom is 0.411 e. The maximum atomic E-state index is 15.1. The quantitative estimate of drug-likeness (QED) is 0.0354. The summed E-state index contributed by atoms with van der Waals surface area (Å²) in [5, 5.41) is 12.5. The summed E-state index contributed by atoms with van der Waals surface area (Å²) >= 11 is 0. The van der Waals surface area contributed by atoms with E-state index in [1.165, 1.54) is 20.8 Å². The number of carbonyl (C=O) groups is 3. The van der Waals surface area contributed by atoms with Gasteiger partial charge in [0.05, 0.1) is 12.1 Å². The van der Waals surface area contributed by atoms with Crippen molar-refractivity contribution in [3.05, 3.63) is 293 Å². The Balaban J connectivity index is 0.907. The van der Waals surface area contributed by atoms with Gasteiger partial charge in [0, 0.05) is 30.3 Å². The summed E-state index contributed by atoms with van der Waals surface area (Å²) in [6.45, 7) is 9.85. The van der Waals surface area contributed by atoms with Crippen molar-refractivity contribution in [2.45, 2.75) is 88.7 Å². The molecule has 9 aromatic rings. The molecule has 1 aliphatic carbocycles. The van der Waals surface area contributed by atoms with Crippen molar-refractivity contribution in [3.63, 3.8) is 0 Å². The van der Waals surface area contributed by atoms with Gasteiger partial charge in [-0.25, -0.2) is 4.79 Å². The molecule has 10 rings (SSSR count). The molecule has 83 heavy (non-hydrogen) atoms. The third-order valence-corrected chi connectivity index (χ3v) is 21.2. The van der Waals surface area contributed by atoms with Crippen molar-refractivity contribution < 1.29 is 23.5 Å². The Labute approximate surface area is 490 Å². The molecule has 2 atom stereocenters. The first-order valence-corrected chi connectivity index (χ1v) is 30.8. The second-order valence-electron chi connectivity index (χ2n) is 22.7. The van der Waals surface area contributed by atoms with Crippen LogP contribution >= 0.6 is 0 Å². The third-order valence-electron chi connectivity index (χ3n) is 16.3. The van der Waals surface area contributed by atoms with Gasteiger partial charge >= 0.3 is 6.09 Å². The highest BCUT2D eigenvalue weighted by Crippen LogP contribution is 2.45. The minimum Gasteiger partial charge on any atom is -0.436 e. The fraction of sp³-hybridized carbons (Fsp3) is 0.219. The third kappa shape index (κ3) is 12.7. The van der Waals surface area contributed by atoms with Gasteiger partial charge < -0.3 is 19.8 Å². The number of amides is 3. The number of anilines is 1. The summed E-state index contributed by atoms with van der Waals surface area (Å²) < 4.78 is 13.6. The molecule has 0 aromatic heterocycles. The molecule has 0 aliphatic heterocycles. The standard InChI is InChI=1S/C73H74N4O5Si/c1-53-42-46-58(47-43-53)73(56-29-13-7-14-30-56,57-31-15-8-16-32-57)74-50-26-25-41-66(69(78)75-59-48-44-55(45-49-59)52-81-83(72(2,3)4,60-33-17-9-18-34-60)61-35-19-10-20-36-61)76-70(79)67(51-54-27-11-6-12-28-54)77(5)71(80)82-68-64-39-23-21-37-62(64)63-38-22-24-40-65(63)68/h6-24,27-40,42-49,66-68,74H,25-26,41,50-52H2,1-5H3,(H,75,78)(H,76,79)/t66-,67-/m0/s1. The molecule has 0 unspecified atom stereocenters. The Kier molecular flexibility index (Phi) is 18.1. The topological polar surface area (TPSA) is 109 Å². The van der Waals surface area contributed by atoms with Crippen molar-refractivity contribution >= 4 is 42.3 Å². The second kappa shape index (κ2) is 26.1. The Bertz CT molecular complexity index is 3460. The van der Waals surface area contributed by atoms with Gasteiger partial charge in [0.15, 0.2) is 6.10 Å². The first-order valence-electron chi connectivity index (χ1n) is 28.9. The highest BCUT2D eigenvalue weighted by molar-refractivity contribution is 6.99. The van der Waals surface area contributed by atoms with Crippen molar-refractivity contribution in [1.29, 1.82) is 0 Å². The first kappa shape index (κ1) is 57.6. The molecule has 1 aliphatic rings. The number of hydrogen-bond donors (Lipinski definition) is 3. The number of hydrogen-bond acceptors (Lipinski definition) is 6. The van der Waals surface area contributed by atoms with E-state index in [-0.39, 0.29) is 17.4 Å². The Morgan fingerprint density at radius 3 is 1.55 bits per heavy atom. The molecular weight excluding hydrogens is 1040 g/mol. The number of unbranched alkanes of at least 4 members (excludes halogenated alkanes) is 1. The van der Waals surface area contributed by atoms with E-state index in [4.69, 9.17) is 9.16 Å². The van der Waals surface area contributed by atoms with E-state index in [9.17, 15) is 9.59 Å². The fourth-order valence-corrected chi connectivity index (χ4v) is 16.5. The summed E-state index contributed by atoms with van der Waals surface area (Å²) in [5.74, 6) is -0.839. The van der Waals surface area contributed by atoms with Crippen LogP contribution in [0.3, 0.4) is 0 Å². The SMILES string of the molecule is Cc1ccc(C(NCCCC[C@H](NC(=O)[C@H](Cc2ccccc2)N(C)C(=O)OC2c3ccccc3-c3ccccc32)C(=O)Nc2ccc(CO[Si](c3ccccc3)(c3ccccc3)C(C)(C)C)cc2)(c2ccccc2)c2ccccc2)cc1. The molecule has 0 saturated carbocycles. The van der Waals surface area contributed by atoms with Crippen LogP contribution < -0.4 is 26.3 Å². The van der Waals surface area contributed by atoms with Crippen LogP contribution in [0.4, 0.5) is 10.5 Å². The predicted molar refractivity (Wildman–Crippen MR) is 337 cm³/mol. The van der Waals surface area contributed by atoms with Crippen molar-refractivity contribution in [3.8, 4) is 11.1 Å². The second-order valence-corrected chi connectivity index (χ2v) is 27.0. The highest BCUT2D eigenvalue weighted by atomic mass is 28.4. The molecule has 0 saturated heterocycles. The van der Waals surface area contributed by atoms with Gasteiger partial charge in [0.2, 0.25) is 11.8 Å². The zero-order valence-electron chi connectivity index (χ0n) is 48.1. The van der Waals surface area contributed by atoms with Crippen LogP contribution in [0, 0.1) is 6.92 Å². The molecule has 0 fully saturated rings. The molecule has 9 aromatic carbocycles. The predicted octanol–water partition coefficient (Wildman–Crippen LogP) is 13.7. The fourth-order valence-electron chi connectivity index (χ4n) is 11.9. The van der Waals surface area contributed by atoms with Crippen LogP contribution in [0.15, 0.2) is 249 Å². The van der Waals surface area contributed by atoms with Gasteiger partial charge in [-0.2, -0.15) is 0 Å². The lowest BCUT2D eigenvalue weighted by Gasteiger charge is -2.43. The van der Waals surface area contributed by atoms with E-state index in [0.29, 0.717) is 38.1 Å². The zero-order valence-corrected chi connectivity index (χ0v) is 49.1. The molecule has 3 N–H and O–H groups in total. The molecule has 0 bridgehead atoms. The van der Waals surface area contributed by atoms with Crippen LogP contribution in [0.25, 0.3) is 11.1 Å². The summed E-state index contributed by atoms with van der Waals surface area (Å²) in [5.41, 5.74) is 9.99. The van der Waals surface area contributed by atoms with Gasteiger partial charge in [-0.15, -0.1) is 0 Å². The summed E-state index contributed by atoms with van der Waals surface area (Å²) in [7, 11) is -1.22. The van der Waals surface area contributed by atoms with E-state index in [0.717, 1.165) is 50.1 Å². The van der Waals surface area contributed by atoms with Gasteiger partial charge in [0.1, 0.15) is 12.1 Å². The van der Waals surface area contributed by atoms with E-state index in [2.05, 4.69) is 165 Å². The van der Waals surface area contributed by atoms with Crippen LogP contribution in [-0.2, 0) is 37.3 Å². The normalized spacial score (nSPS) is 13.0. The molecular formula is C73H74N4O5Si. The largest absolute Gasteiger partial charge is 0.436 e. The van der Waals surface area contributed by atoms with Crippen LogP contribution in [-0.4, -0.2) is 56.8 Å². The molecule has 0 radical (unpaired) electrons. The van der Waals surface area contributed by atoms with Gasteiger partial charge in [-0.1, -0.05) is 263 Å². The number of nitrogens with zero attached hydrogens (tertiary/aromatic N) is 1. The summed E-state index contributed by atoms with van der Waals surface area (Å²) in [6, 6.07) is 82.1. The van der Waals surface area contributed by atoms with E-state index in [1.54, 1.807) is 7.05 Å². The molecule has 0 heterocycles. The van der Waals surface area contributed by atoms with Crippen LogP contribution in [0.2, 0.25) is 5.04 Å².